The van der Waals surface area contributed by atoms with Crippen LogP contribution in [-0.4, -0.2) is 33.0 Å². The number of carbonyl (C=O) groups is 2. The first-order valence-corrected chi connectivity index (χ1v) is 13.4. The Bertz CT molecular complexity index is 1390. The van der Waals surface area contributed by atoms with Crippen LogP contribution in [0, 0.1) is 0 Å². The maximum atomic E-state index is 13.5. The van der Waals surface area contributed by atoms with E-state index in [9.17, 15) is 19.2 Å². The molecular weight excluding hydrogens is 468 g/mol. The van der Waals surface area contributed by atoms with Crippen molar-refractivity contribution in [3.05, 3.63) is 74.9 Å². The summed E-state index contributed by atoms with van der Waals surface area (Å²) >= 11 is 0. The zero-order valence-electron chi connectivity index (χ0n) is 21.1. The Labute approximate surface area is 215 Å². The first-order valence-electron chi connectivity index (χ1n) is 13.4. The predicted molar refractivity (Wildman–Crippen MR) is 143 cm³/mol. The molecule has 2 N–H and O–H groups in total. The summed E-state index contributed by atoms with van der Waals surface area (Å²) in [6.45, 7) is -0.157. The van der Waals surface area contributed by atoms with Crippen molar-refractivity contribution in [3.63, 3.8) is 0 Å². The molecule has 37 heavy (non-hydrogen) atoms. The molecule has 8 nitrogen and oxygen atoms in total. The van der Waals surface area contributed by atoms with Crippen LogP contribution in [0.25, 0.3) is 16.6 Å². The van der Waals surface area contributed by atoms with Crippen molar-refractivity contribution in [3.8, 4) is 5.69 Å². The zero-order chi connectivity index (χ0) is 25.8. The van der Waals surface area contributed by atoms with Crippen LogP contribution in [0.4, 0.5) is 0 Å². The third-order valence-electron chi connectivity index (χ3n) is 7.60. The molecule has 2 fully saturated rings. The van der Waals surface area contributed by atoms with Gasteiger partial charge in [0.15, 0.2) is 0 Å². The average Bonchev–Trinajstić information content (AvgIpc) is 3.41. The van der Waals surface area contributed by atoms with Crippen LogP contribution in [0.2, 0.25) is 0 Å². The Kier molecular flexibility index (Phi) is 7.53. The predicted octanol–water partition coefficient (Wildman–Crippen LogP) is 3.20. The molecule has 1 heterocycles. The molecule has 0 radical (unpaired) electrons. The summed E-state index contributed by atoms with van der Waals surface area (Å²) in [4.78, 5) is 52.2. The molecule has 5 rings (SSSR count). The van der Waals surface area contributed by atoms with Crippen molar-refractivity contribution in [2.24, 2.45) is 0 Å². The van der Waals surface area contributed by atoms with Crippen molar-refractivity contribution in [1.29, 1.82) is 0 Å². The molecule has 2 amide bonds. The molecule has 2 aliphatic carbocycles. The van der Waals surface area contributed by atoms with Gasteiger partial charge in [0.05, 0.1) is 23.0 Å². The quantitative estimate of drug-likeness (QED) is 0.518. The number of aromatic nitrogens is 2. The molecule has 0 spiro atoms. The first-order chi connectivity index (χ1) is 18.0. The second-order valence-corrected chi connectivity index (χ2v) is 10.3. The third-order valence-corrected chi connectivity index (χ3v) is 7.60. The summed E-state index contributed by atoms with van der Waals surface area (Å²) in [6.07, 6.45) is 9.93. The number of rotatable bonds is 7. The van der Waals surface area contributed by atoms with Gasteiger partial charge in [-0.1, -0.05) is 56.4 Å². The standard InChI is InChI=1S/C29H34N4O4/c34-26(30-21-8-2-1-3-9-21)18-20-14-16-23(17-15-20)33-28(36)24-12-6-7-13-25(24)32(29(33)37)19-27(35)31-22-10-4-5-11-22/h6-7,12-17,21-22H,1-5,8-11,18-19H2,(H,30,34)(H,31,35). The summed E-state index contributed by atoms with van der Waals surface area (Å²) in [5, 5.41) is 6.51. The van der Waals surface area contributed by atoms with Gasteiger partial charge in [0.1, 0.15) is 6.54 Å². The smallest absolute Gasteiger partial charge is 0.336 e. The van der Waals surface area contributed by atoms with Crippen LogP contribution >= 0.6 is 0 Å². The minimum Gasteiger partial charge on any atom is -0.353 e. The highest BCUT2D eigenvalue weighted by atomic mass is 16.2. The van der Waals surface area contributed by atoms with E-state index in [0.717, 1.165) is 61.5 Å². The summed E-state index contributed by atoms with van der Waals surface area (Å²) in [7, 11) is 0. The number of benzene rings is 2. The van der Waals surface area contributed by atoms with Crippen molar-refractivity contribution >= 4 is 22.7 Å². The van der Waals surface area contributed by atoms with Crippen LogP contribution in [-0.2, 0) is 22.6 Å². The molecular formula is C29H34N4O4. The zero-order valence-corrected chi connectivity index (χ0v) is 21.1. The van der Waals surface area contributed by atoms with E-state index in [1.807, 2.05) is 0 Å². The maximum absolute atomic E-state index is 13.5. The Morgan fingerprint density at radius 2 is 1.35 bits per heavy atom. The highest BCUT2D eigenvalue weighted by Gasteiger charge is 2.20. The number of nitrogens with one attached hydrogen (secondary N) is 2. The lowest BCUT2D eigenvalue weighted by molar-refractivity contribution is -0.122. The van der Waals surface area contributed by atoms with Crippen molar-refractivity contribution < 1.29 is 9.59 Å². The number of nitrogens with zero attached hydrogens (tertiary/aromatic N) is 2. The van der Waals surface area contributed by atoms with Gasteiger partial charge in [-0.15, -0.1) is 0 Å². The van der Waals surface area contributed by atoms with Gasteiger partial charge in [0, 0.05) is 12.1 Å². The molecule has 2 saturated carbocycles. The van der Waals surface area contributed by atoms with Crippen LogP contribution < -0.4 is 21.9 Å². The normalized spacial score (nSPS) is 16.6. The van der Waals surface area contributed by atoms with Gasteiger partial charge in [-0.2, -0.15) is 0 Å². The molecule has 194 valence electrons. The fourth-order valence-electron chi connectivity index (χ4n) is 5.66. The Morgan fingerprint density at radius 1 is 0.757 bits per heavy atom. The van der Waals surface area contributed by atoms with Crippen molar-refractivity contribution in [2.45, 2.75) is 82.8 Å². The van der Waals surface area contributed by atoms with Crippen molar-refractivity contribution in [1.82, 2.24) is 19.8 Å². The highest BCUT2D eigenvalue weighted by Crippen LogP contribution is 2.19. The molecule has 8 heteroatoms. The Morgan fingerprint density at radius 3 is 2.03 bits per heavy atom. The van der Waals surface area contributed by atoms with E-state index in [1.165, 1.54) is 11.0 Å². The monoisotopic (exact) mass is 502 g/mol. The highest BCUT2D eigenvalue weighted by molar-refractivity contribution is 5.82. The second-order valence-electron chi connectivity index (χ2n) is 10.3. The van der Waals surface area contributed by atoms with E-state index in [4.69, 9.17) is 0 Å². The number of hydrogen-bond donors (Lipinski definition) is 2. The van der Waals surface area contributed by atoms with Gasteiger partial charge < -0.3 is 10.6 Å². The fourth-order valence-corrected chi connectivity index (χ4v) is 5.66. The largest absolute Gasteiger partial charge is 0.353 e. The Hall–Kier alpha value is -3.68. The SMILES string of the molecule is O=C(Cc1ccc(-n2c(=O)c3ccccc3n(CC(=O)NC3CCCC3)c2=O)cc1)NC1CCCCC1. The van der Waals surface area contributed by atoms with Gasteiger partial charge in [-0.3, -0.25) is 19.0 Å². The van der Waals surface area contributed by atoms with E-state index >= 15 is 0 Å². The van der Waals surface area contributed by atoms with Gasteiger partial charge in [0.25, 0.3) is 5.56 Å². The minimum atomic E-state index is -0.562. The lowest BCUT2D eigenvalue weighted by Gasteiger charge is -2.22. The van der Waals surface area contributed by atoms with Crippen LogP contribution in [0.1, 0.15) is 63.4 Å². The summed E-state index contributed by atoms with van der Waals surface area (Å²) in [5.41, 5.74) is 0.652. The fraction of sp³-hybridized carbons (Fsp3) is 0.448. The van der Waals surface area contributed by atoms with E-state index in [-0.39, 0.29) is 36.9 Å². The first kappa shape index (κ1) is 25.0. The summed E-state index contributed by atoms with van der Waals surface area (Å²) in [6, 6.07) is 14.2. The molecule has 2 aliphatic rings. The van der Waals surface area contributed by atoms with E-state index in [0.29, 0.717) is 16.6 Å². The number of fused-ring (bicyclic) bond motifs is 1. The van der Waals surface area contributed by atoms with Gasteiger partial charge in [-0.25, -0.2) is 9.36 Å². The molecule has 0 unspecified atom stereocenters. The maximum Gasteiger partial charge on any atom is 0.336 e. The topological polar surface area (TPSA) is 102 Å². The lowest BCUT2D eigenvalue weighted by atomic mass is 9.95. The number of hydrogen-bond acceptors (Lipinski definition) is 4. The lowest BCUT2D eigenvalue weighted by Crippen LogP contribution is -2.43. The second kappa shape index (κ2) is 11.2. The summed E-state index contributed by atoms with van der Waals surface area (Å²) < 4.78 is 2.48. The molecule has 0 bridgehead atoms. The molecule has 1 aromatic heterocycles. The van der Waals surface area contributed by atoms with E-state index in [2.05, 4.69) is 10.6 Å². The van der Waals surface area contributed by atoms with Gasteiger partial charge >= 0.3 is 5.69 Å². The van der Waals surface area contributed by atoms with Gasteiger partial charge in [0.2, 0.25) is 11.8 Å². The molecule has 0 saturated heterocycles. The number of para-hydroxylation sites is 1. The van der Waals surface area contributed by atoms with E-state index < -0.39 is 11.2 Å². The molecule has 2 aromatic carbocycles. The number of amides is 2. The molecule has 0 atom stereocenters. The van der Waals surface area contributed by atoms with Crippen LogP contribution in [0.15, 0.2) is 58.1 Å². The average molecular weight is 503 g/mol. The third kappa shape index (κ3) is 5.68. The Balaban J connectivity index is 1.40. The summed E-state index contributed by atoms with van der Waals surface area (Å²) in [5.74, 6) is -0.248. The molecule has 0 aliphatic heterocycles. The molecule has 3 aromatic rings. The van der Waals surface area contributed by atoms with Crippen LogP contribution in [0.3, 0.4) is 0 Å². The van der Waals surface area contributed by atoms with Crippen molar-refractivity contribution in [2.75, 3.05) is 0 Å². The minimum absolute atomic E-state index is 0.0156. The van der Waals surface area contributed by atoms with Gasteiger partial charge in [-0.05, 0) is 55.5 Å². The van der Waals surface area contributed by atoms with E-state index in [1.54, 1.807) is 48.5 Å². The number of carbonyl (C=O) groups excluding carboxylic acids is 2. The van der Waals surface area contributed by atoms with Crippen LogP contribution in [0.5, 0.6) is 0 Å².